The van der Waals surface area contributed by atoms with Crippen LogP contribution in [0.25, 0.3) is 0 Å². The number of carbonyl (C=O) groups excluding carboxylic acids is 1. The van der Waals surface area contributed by atoms with Gasteiger partial charge in [-0.3, -0.25) is 9.78 Å². The Kier molecular flexibility index (Phi) is 11.8. The van der Waals surface area contributed by atoms with E-state index in [9.17, 15) is 4.79 Å². The van der Waals surface area contributed by atoms with Gasteiger partial charge in [-0.2, -0.15) is 0 Å². The first-order chi connectivity index (χ1) is 12.4. The zero-order valence-electron chi connectivity index (χ0n) is 16.9. The first-order valence-corrected chi connectivity index (χ1v) is 9.04. The molecule has 1 aromatic carbocycles. The molecule has 0 spiro atoms. The summed E-state index contributed by atoms with van der Waals surface area (Å²) >= 11 is 0. The fourth-order valence-corrected chi connectivity index (χ4v) is 3.00. The molecule has 1 amide bonds. The summed E-state index contributed by atoms with van der Waals surface area (Å²) in [5.41, 5.74) is 9.30. The maximum Gasteiger partial charge on any atom is 0.251 e. The summed E-state index contributed by atoms with van der Waals surface area (Å²) in [6.07, 6.45) is 4.39. The predicted molar refractivity (Wildman–Crippen MR) is 119 cm³/mol. The second-order valence-electron chi connectivity index (χ2n) is 7.12. The fraction of sp³-hybridized carbons (Fsp3) is 0.429. The Labute approximate surface area is 180 Å². The second-order valence-corrected chi connectivity index (χ2v) is 7.12. The van der Waals surface area contributed by atoms with Crippen molar-refractivity contribution in [1.82, 2.24) is 10.3 Å². The van der Waals surface area contributed by atoms with Gasteiger partial charge in [0.2, 0.25) is 0 Å². The highest BCUT2D eigenvalue weighted by Gasteiger charge is 2.16. The van der Waals surface area contributed by atoms with Crippen LogP contribution in [0.15, 0.2) is 36.7 Å². The standard InChI is InChI=1S/C21H29N3O2.2ClH/c1-14(2)8-19(11-22)24-21(25)18-9-15(3)20(16(4)10-18)26-13-17-6-5-7-23-12-17;;/h5-7,9-10,12,14,19H,8,11,13,22H2,1-4H3,(H,24,25);2*1H. The Hall–Kier alpha value is -1.82. The van der Waals surface area contributed by atoms with Crippen molar-refractivity contribution in [2.45, 2.75) is 46.8 Å². The summed E-state index contributed by atoms with van der Waals surface area (Å²) in [5, 5.41) is 3.03. The molecule has 0 bridgehead atoms. The summed E-state index contributed by atoms with van der Waals surface area (Å²) < 4.78 is 5.95. The summed E-state index contributed by atoms with van der Waals surface area (Å²) in [6, 6.07) is 7.58. The van der Waals surface area contributed by atoms with Crippen molar-refractivity contribution in [3.05, 3.63) is 58.9 Å². The van der Waals surface area contributed by atoms with E-state index >= 15 is 0 Å². The topological polar surface area (TPSA) is 77.2 Å². The van der Waals surface area contributed by atoms with E-state index in [4.69, 9.17) is 10.5 Å². The summed E-state index contributed by atoms with van der Waals surface area (Å²) in [6.45, 7) is 9.04. The van der Waals surface area contributed by atoms with E-state index in [-0.39, 0.29) is 36.8 Å². The molecule has 156 valence electrons. The Morgan fingerprint density at radius 1 is 1.21 bits per heavy atom. The number of hydrogen-bond donors (Lipinski definition) is 2. The number of aromatic nitrogens is 1. The molecule has 1 aromatic heterocycles. The van der Waals surface area contributed by atoms with E-state index in [1.54, 1.807) is 12.4 Å². The van der Waals surface area contributed by atoms with Gasteiger partial charge in [0.05, 0.1) is 0 Å². The van der Waals surface area contributed by atoms with E-state index in [1.165, 1.54) is 0 Å². The molecule has 1 heterocycles. The molecular weight excluding hydrogens is 397 g/mol. The molecule has 0 aliphatic carbocycles. The number of ether oxygens (including phenoxy) is 1. The number of benzene rings is 1. The average Bonchev–Trinajstić information content (AvgIpc) is 2.60. The second kappa shape index (κ2) is 12.6. The molecule has 0 saturated heterocycles. The highest BCUT2D eigenvalue weighted by molar-refractivity contribution is 5.95. The van der Waals surface area contributed by atoms with Crippen LogP contribution in [0.3, 0.4) is 0 Å². The summed E-state index contributed by atoms with van der Waals surface area (Å²) in [5.74, 6) is 1.20. The molecule has 3 N–H and O–H groups in total. The molecular formula is C21H31Cl2N3O2. The molecule has 2 rings (SSSR count). The van der Waals surface area contributed by atoms with Gasteiger partial charge >= 0.3 is 0 Å². The quantitative estimate of drug-likeness (QED) is 0.660. The molecule has 2 aromatic rings. The number of aryl methyl sites for hydroxylation is 2. The van der Waals surface area contributed by atoms with Crippen molar-refractivity contribution < 1.29 is 9.53 Å². The van der Waals surface area contributed by atoms with Gasteiger partial charge in [0.15, 0.2) is 0 Å². The molecule has 7 heteroatoms. The van der Waals surface area contributed by atoms with Crippen molar-refractivity contribution >= 4 is 30.7 Å². The number of nitrogens with zero attached hydrogens (tertiary/aromatic N) is 1. The van der Waals surface area contributed by atoms with E-state index in [0.717, 1.165) is 28.9 Å². The molecule has 0 aliphatic heterocycles. The third kappa shape index (κ3) is 7.66. The van der Waals surface area contributed by atoms with Crippen LogP contribution in [0.5, 0.6) is 5.75 Å². The van der Waals surface area contributed by atoms with Gasteiger partial charge in [0, 0.05) is 36.1 Å². The molecule has 28 heavy (non-hydrogen) atoms. The maximum absolute atomic E-state index is 12.6. The highest BCUT2D eigenvalue weighted by Crippen LogP contribution is 2.26. The van der Waals surface area contributed by atoms with Gasteiger partial charge in [-0.05, 0) is 55.5 Å². The van der Waals surface area contributed by atoms with Crippen LogP contribution >= 0.6 is 24.8 Å². The summed E-state index contributed by atoms with van der Waals surface area (Å²) in [4.78, 5) is 16.7. The monoisotopic (exact) mass is 427 g/mol. The number of amides is 1. The highest BCUT2D eigenvalue weighted by atomic mass is 35.5. The van der Waals surface area contributed by atoms with Crippen LogP contribution in [-0.4, -0.2) is 23.5 Å². The van der Waals surface area contributed by atoms with Crippen LogP contribution in [0.2, 0.25) is 0 Å². The number of rotatable bonds is 8. The van der Waals surface area contributed by atoms with Crippen LogP contribution in [0, 0.1) is 19.8 Å². The lowest BCUT2D eigenvalue weighted by atomic mass is 10.0. The van der Waals surface area contributed by atoms with E-state index in [0.29, 0.717) is 24.6 Å². The van der Waals surface area contributed by atoms with Gasteiger partial charge in [-0.1, -0.05) is 19.9 Å². The lowest BCUT2D eigenvalue weighted by Gasteiger charge is -2.20. The van der Waals surface area contributed by atoms with Gasteiger partial charge in [0.25, 0.3) is 5.91 Å². The number of nitrogens with two attached hydrogens (primary N) is 1. The van der Waals surface area contributed by atoms with Crippen molar-refractivity contribution in [1.29, 1.82) is 0 Å². The van der Waals surface area contributed by atoms with Crippen LogP contribution in [-0.2, 0) is 6.61 Å². The molecule has 0 fully saturated rings. The van der Waals surface area contributed by atoms with Gasteiger partial charge in [0.1, 0.15) is 12.4 Å². The Bertz CT molecular complexity index is 717. The summed E-state index contributed by atoms with van der Waals surface area (Å²) in [7, 11) is 0. The molecule has 1 unspecified atom stereocenters. The zero-order valence-corrected chi connectivity index (χ0v) is 18.5. The normalized spacial score (nSPS) is 11.2. The fourth-order valence-electron chi connectivity index (χ4n) is 3.00. The van der Waals surface area contributed by atoms with Crippen molar-refractivity contribution in [2.75, 3.05) is 6.54 Å². The first-order valence-electron chi connectivity index (χ1n) is 9.04. The Morgan fingerprint density at radius 3 is 2.36 bits per heavy atom. The van der Waals surface area contributed by atoms with Gasteiger partial charge in [-0.15, -0.1) is 24.8 Å². The van der Waals surface area contributed by atoms with Crippen molar-refractivity contribution in [3.63, 3.8) is 0 Å². The Balaban J connectivity index is 0.00000364. The van der Waals surface area contributed by atoms with E-state index in [2.05, 4.69) is 24.1 Å². The first kappa shape index (κ1) is 26.2. The number of pyridine rings is 1. The Morgan fingerprint density at radius 2 is 1.86 bits per heavy atom. The van der Waals surface area contributed by atoms with E-state index < -0.39 is 0 Å². The predicted octanol–water partition coefficient (Wildman–Crippen LogP) is 4.22. The van der Waals surface area contributed by atoms with Crippen molar-refractivity contribution in [3.8, 4) is 5.75 Å². The minimum atomic E-state index is -0.0916. The lowest BCUT2D eigenvalue weighted by molar-refractivity contribution is 0.0933. The van der Waals surface area contributed by atoms with E-state index in [1.807, 2.05) is 38.1 Å². The van der Waals surface area contributed by atoms with Crippen LogP contribution in [0.4, 0.5) is 0 Å². The molecule has 0 saturated carbocycles. The SMILES string of the molecule is Cc1cc(C(=O)NC(CN)CC(C)C)cc(C)c1OCc1cccnc1.Cl.Cl. The van der Waals surface area contributed by atoms with Crippen LogP contribution < -0.4 is 15.8 Å². The van der Waals surface area contributed by atoms with Crippen LogP contribution in [0.1, 0.15) is 47.3 Å². The van der Waals surface area contributed by atoms with Gasteiger partial charge < -0.3 is 15.8 Å². The smallest absolute Gasteiger partial charge is 0.251 e. The lowest BCUT2D eigenvalue weighted by Crippen LogP contribution is -2.41. The molecule has 5 nitrogen and oxygen atoms in total. The third-order valence-electron chi connectivity index (χ3n) is 4.20. The number of carbonyl (C=O) groups is 1. The molecule has 1 atom stereocenters. The minimum absolute atomic E-state index is 0. The average molecular weight is 428 g/mol. The largest absolute Gasteiger partial charge is 0.488 e. The number of halogens is 2. The molecule has 0 radical (unpaired) electrons. The van der Waals surface area contributed by atoms with Gasteiger partial charge in [-0.25, -0.2) is 0 Å². The maximum atomic E-state index is 12.6. The van der Waals surface area contributed by atoms with Crippen molar-refractivity contribution in [2.24, 2.45) is 11.7 Å². The third-order valence-corrected chi connectivity index (χ3v) is 4.20. The number of hydrogen-bond acceptors (Lipinski definition) is 4. The zero-order chi connectivity index (χ0) is 19.1. The molecule has 0 aliphatic rings. The minimum Gasteiger partial charge on any atom is -0.488 e. The number of nitrogens with one attached hydrogen (secondary N) is 1.